The molecule has 36 heavy (non-hydrogen) atoms. The van der Waals surface area contributed by atoms with Crippen molar-refractivity contribution in [3.63, 3.8) is 0 Å². The monoisotopic (exact) mass is 491 g/mol. The van der Waals surface area contributed by atoms with E-state index in [9.17, 15) is 9.59 Å². The molecule has 1 aliphatic rings. The fraction of sp³-hybridized carbons (Fsp3) is 0.429. The number of benzene rings is 2. The second-order valence-corrected chi connectivity index (χ2v) is 11.0. The van der Waals surface area contributed by atoms with Gasteiger partial charge in [-0.3, -0.25) is 4.79 Å². The Morgan fingerprint density at radius 2 is 1.56 bits per heavy atom. The highest BCUT2D eigenvalue weighted by Gasteiger charge is 2.32. The van der Waals surface area contributed by atoms with Gasteiger partial charge in [0.2, 0.25) is 5.89 Å². The summed E-state index contributed by atoms with van der Waals surface area (Å²) in [5.74, 6) is 0.0191. The molecule has 3 aromatic rings. The minimum atomic E-state index is -0.890. The third-order valence-electron chi connectivity index (χ3n) is 5.84. The van der Waals surface area contributed by atoms with E-state index in [0.717, 1.165) is 22.3 Å². The van der Waals surface area contributed by atoms with Crippen LogP contribution in [0.5, 0.6) is 0 Å². The van der Waals surface area contributed by atoms with E-state index in [1.54, 1.807) is 20.8 Å². The van der Waals surface area contributed by atoms with Crippen LogP contribution in [0.2, 0.25) is 0 Å². The number of fused-ring (bicyclic) bond motifs is 3. The molecule has 4 rings (SSSR count). The van der Waals surface area contributed by atoms with E-state index in [1.165, 1.54) is 0 Å². The summed E-state index contributed by atoms with van der Waals surface area (Å²) in [4.78, 5) is 29.9. The number of hydrogen-bond acceptors (Lipinski definition) is 7. The Morgan fingerprint density at radius 1 is 0.972 bits per heavy atom. The quantitative estimate of drug-likeness (QED) is 0.443. The van der Waals surface area contributed by atoms with E-state index in [-0.39, 0.29) is 30.3 Å². The molecule has 0 aliphatic heterocycles. The second kappa shape index (κ2) is 9.76. The first-order chi connectivity index (χ1) is 16.9. The minimum Gasteiger partial charge on any atom is -0.460 e. The lowest BCUT2D eigenvalue weighted by Crippen LogP contribution is -2.34. The predicted molar refractivity (Wildman–Crippen MR) is 134 cm³/mol. The molecule has 1 atom stereocenters. The molecule has 1 N–H and O–H groups in total. The van der Waals surface area contributed by atoms with Crippen LogP contribution in [0.4, 0.5) is 4.79 Å². The molecule has 0 saturated carbocycles. The number of carbonyl (C=O) groups excluding carboxylic acids is 2. The number of ether oxygens (including phenoxy) is 2. The zero-order chi connectivity index (χ0) is 26.1. The summed E-state index contributed by atoms with van der Waals surface area (Å²) in [6.45, 7) is 11.3. The number of nitrogens with zero attached hydrogens (tertiary/aromatic N) is 2. The van der Waals surface area contributed by atoms with Gasteiger partial charge in [0.25, 0.3) is 0 Å². The van der Waals surface area contributed by atoms with Crippen molar-refractivity contribution >= 4 is 12.1 Å². The number of rotatable bonds is 6. The van der Waals surface area contributed by atoms with Gasteiger partial charge in [-0.2, -0.15) is 4.98 Å². The molecule has 8 nitrogen and oxygen atoms in total. The van der Waals surface area contributed by atoms with E-state index in [4.69, 9.17) is 14.0 Å². The van der Waals surface area contributed by atoms with Crippen LogP contribution >= 0.6 is 0 Å². The number of aromatic nitrogens is 2. The van der Waals surface area contributed by atoms with Crippen LogP contribution in [0.25, 0.3) is 11.1 Å². The van der Waals surface area contributed by atoms with Crippen molar-refractivity contribution in [3.8, 4) is 11.1 Å². The third kappa shape index (κ3) is 5.75. The lowest BCUT2D eigenvalue weighted by molar-refractivity contribution is -0.155. The Kier molecular flexibility index (Phi) is 6.89. The third-order valence-corrected chi connectivity index (χ3v) is 5.84. The standard InChI is InChI=1S/C28H33N3O5/c1-27(2,3)25-30-24(36-31-25)22(15-23(32)35-28(4,5)6)29-26(33)34-16-21-19-13-9-7-11-17(19)18-12-8-10-14-20(18)21/h7-14,21-22H,15-16H2,1-6H3,(H,29,33)/t22-/m0/s1. The van der Waals surface area contributed by atoms with Gasteiger partial charge in [0.1, 0.15) is 18.2 Å². The maximum atomic E-state index is 12.9. The molecule has 1 aromatic heterocycles. The highest BCUT2D eigenvalue weighted by molar-refractivity contribution is 5.79. The van der Waals surface area contributed by atoms with Crippen molar-refractivity contribution in [1.82, 2.24) is 15.5 Å². The summed E-state index contributed by atoms with van der Waals surface area (Å²) in [6.07, 6.45) is -0.853. The van der Waals surface area contributed by atoms with Gasteiger partial charge in [-0.25, -0.2) is 4.79 Å². The first-order valence-electron chi connectivity index (χ1n) is 12.1. The molecule has 2 aromatic carbocycles. The maximum Gasteiger partial charge on any atom is 0.407 e. The Balaban J connectivity index is 1.49. The van der Waals surface area contributed by atoms with Gasteiger partial charge in [0.05, 0.1) is 6.42 Å². The summed E-state index contributed by atoms with van der Waals surface area (Å²) in [6, 6.07) is 15.3. The smallest absolute Gasteiger partial charge is 0.407 e. The molecule has 1 amide bonds. The summed E-state index contributed by atoms with van der Waals surface area (Å²) in [5, 5.41) is 6.75. The molecule has 1 heterocycles. The van der Waals surface area contributed by atoms with Crippen LogP contribution in [0, 0.1) is 0 Å². The molecule has 0 saturated heterocycles. The number of alkyl carbamates (subject to hydrolysis) is 1. The van der Waals surface area contributed by atoms with Gasteiger partial charge in [-0.05, 0) is 43.0 Å². The zero-order valence-electron chi connectivity index (χ0n) is 21.6. The van der Waals surface area contributed by atoms with E-state index in [0.29, 0.717) is 5.82 Å². The summed E-state index contributed by atoms with van der Waals surface area (Å²) in [5.41, 5.74) is 3.49. The van der Waals surface area contributed by atoms with Crippen LogP contribution < -0.4 is 5.32 Å². The maximum absolute atomic E-state index is 12.9. The first-order valence-corrected chi connectivity index (χ1v) is 12.1. The number of nitrogens with one attached hydrogen (secondary N) is 1. The van der Waals surface area contributed by atoms with Crippen LogP contribution in [-0.2, 0) is 19.7 Å². The van der Waals surface area contributed by atoms with Crippen molar-refractivity contribution < 1.29 is 23.6 Å². The fourth-order valence-electron chi connectivity index (χ4n) is 4.21. The zero-order valence-corrected chi connectivity index (χ0v) is 21.6. The van der Waals surface area contributed by atoms with Gasteiger partial charge in [-0.15, -0.1) is 0 Å². The van der Waals surface area contributed by atoms with Gasteiger partial charge < -0.3 is 19.3 Å². The first kappa shape index (κ1) is 25.4. The van der Waals surface area contributed by atoms with Crippen LogP contribution in [0.1, 0.15) is 82.8 Å². The molecule has 0 unspecified atom stereocenters. The van der Waals surface area contributed by atoms with Crippen LogP contribution in [-0.4, -0.2) is 34.4 Å². The minimum absolute atomic E-state index is 0.0802. The lowest BCUT2D eigenvalue weighted by atomic mass is 9.96. The summed E-state index contributed by atoms with van der Waals surface area (Å²) in [7, 11) is 0. The highest BCUT2D eigenvalue weighted by Crippen LogP contribution is 2.44. The van der Waals surface area contributed by atoms with Crippen LogP contribution in [0.15, 0.2) is 53.1 Å². The molecule has 0 fully saturated rings. The molecule has 190 valence electrons. The highest BCUT2D eigenvalue weighted by atomic mass is 16.6. The number of carbonyl (C=O) groups is 2. The molecule has 0 radical (unpaired) electrons. The normalized spacial score (nSPS) is 14.1. The van der Waals surface area contributed by atoms with Crippen LogP contribution in [0.3, 0.4) is 0 Å². The van der Waals surface area contributed by atoms with Crippen molar-refractivity contribution in [1.29, 1.82) is 0 Å². The van der Waals surface area contributed by atoms with Gasteiger partial charge in [0, 0.05) is 11.3 Å². The second-order valence-electron chi connectivity index (χ2n) is 11.0. The molecule has 0 bridgehead atoms. The number of esters is 1. The topological polar surface area (TPSA) is 104 Å². The molecule has 8 heteroatoms. The average molecular weight is 492 g/mol. The lowest BCUT2D eigenvalue weighted by Gasteiger charge is -2.22. The van der Waals surface area contributed by atoms with Crippen molar-refractivity contribution in [2.45, 2.75) is 70.9 Å². The average Bonchev–Trinajstić information content (AvgIpc) is 3.40. The fourth-order valence-corrected chi connectivity index (χ4v) is 4.21. The number of hydrogen-bond donors (Lipinski definition) is 1. The van der Waals surface area contributed by atoms with E-state index < -0.39 is 23.7 Å². The molecule has 0 spiro atoms. The van der Waals surface area contributed by atoms with Crippen molar-refractivity contribution in [2.24, 2.45) is 0 Å². The van der Waals surface area contributed by atoms with Gasteiger partial charge >= 0.3 is 12.1 Å². The Hall–Kier alpha value is -3.68. The Bertz CT molecular complexity index is 1210. The SMILES string of the molecule is CC(C)(C)OC(=O)C[C@H](NC(=O)OCC1c2ccccc2-c2ccccc21)c1nc(C(C)(C)C)no1. The molecule has 1 aliphatic carbocycles. The van der Waals surface area contributed by atoms with Gasteiger partial charge in [-0.1, -0.05) is 74.5 Å². The molecular weight excluding hydrogens is 458 g/mol. The predicted octanol–water partition coefficient (Wildman–Crippen LogP) is 5.68. The Morgan fingerprint density at radius 3 is 2.08 bits per heavy atom. The molecular formula is C28H33N3O5. The Labute approximate surface area is 211 Å². The summed E-state index contributed by atoms with van der Waals surface area (Å²) < 4.78 is 16.5. The van der Waals surface area contributed by atoms with Crippen molar-refractivity contribution in [3.05, 3.63) is 71.4 Å². The van der Waals surface area contributed by atoms with Gasteiger partial charge in [0.15, 0.2) is 5.82 Å². The summed E-state index contributed by atoms with van der Waals surface area (Å²) >= 11 is 0. The van der Waals surface area contributed by atoms with E-state index in [2.05, 4.69) is 39.7 Å². The van der Waals surface area contributed by atoms with Crippen molar-refractivity contribution in [2.75, 3.05) is 6.61 Å². The van der Waals surface area contributed by atoms with E-state index in [1.807, 2.05) is 45.0 Å². The van der Waals surface area contributed by atoms with E-state index >= 15 is 0 Å². The number of amides is 1. The largest absolute Gasteiger partial charge is 0.460 e.